The van der Waals surface area contributed by atoms with Crippen molar-refractivity contribution in [1.29, 1.82) is 0 Å². The second kappa shape index (κ2) is 6.61. The Morgan fingerprint density at radius 2 is 1.95 bits per heavy atom. The second-order valence-corrected chi connectivity index (χ2v) is 5.81. The van der Waals surface area contributed by atoms with Crippen molar-refractivity contribution in [1.82, 2.24) is 14.7 Å². The zero-order valence-electron chi connectivity index (χ0n) is 12.5. The third kappa shape index (κ3) is 4.72. The van der Waals surface area contributed by atoms with E-state index in [1.165, 1.54) is 4.90 Å². The molecule has 0 N–H and O–H groups in total. The molecule has 1 aromatic rings. The number of likely N-dealkylation sites (tertiary alicyclic amines) is 1. The summed E-state index contributed by atoms with van der Waals surface area (Å²) in [6.45, 7) is 0.466. The van der Waals surface area contributed by atoms with Crippen LogP contribution in [-0.2, 0) is 4.74 Å². The minimum atomic E-state index is -5.09. The molecule has 1 saturated heterocycles. The number of aromatic nitrogens is 2. The zero-order chi connectivity index (χ0) is 15.1. The molecule has 0 aliphatic carbocycles. The average Bonchev–Trinajstić information content (AvgIpc) is 2.59. The summed E-state index contributed by atoms with van der Waals surface area (Å²) in [5.41, 5.74) is -1.35. The number of amides is 1. The summed E-state index contributed by atoms with van der Waals surface area (Å²) in [5.74, 6) is 0. The molecule has 1 aliphatic rings. The summed E-state index contributed by atoms with van der Waals surface area (Å²) in [4.78, 5) is 13.1. The fourth-order valence-corrected chi connectivity index (χ4v) is 1.97. The van der Waals surface area contributed by atoms with E-state index in [1.807, 2.05) is 0 Å². The van der Waals surface area contributed by atoms with Crippen molar-refractivity contribution in [3.05, 3.63) is 12.3 Å². The number of rotatable bonds is 2. The van der Waals surface area contributed by atoms with Crippen LogP contribution in [0.2, 0.25) is 0 Å². The van der Waals surface area contributed by atoms with E-state index in [4.69, 9.17) is 4.74 Å². The Morgan fingerprint density at radius 3 is 2.43 bits per heavy atom. The number of carbonyl (C=O) groups excluding carboxylic acids is 1. The minimum absolute atomic E-state index is 0. The summed E-state index contributed by atoms with van der Waals surface area (Å²) >= 11 is 0. The molecular formula is C11H16BF3KN3O2. The summed E-state index contributed by atoms with van der Waals surface area (Å²) in [7, 11) is 0. The van der Waals surface area contributed by atoms with Gasteiger partial charge < -0.3 is 22.6 Å². The average molecular weight is 329 g/mol. The van der Waals surface area contributed by atoms with Gasteiger partial charge in [0.25, 0.3) is 0 Å². The standard InChI is InChI=1S/C11H16BF3N3O2.K/c1-11(2,3)20-10(19)17-6-8(7-17)18-9(4-5-16-18)12(13,14)15;/h4-5,8H,6-7H2,1-3H3;/q-1;+1. The first kappa shape index (κ1) is 19.0. The van der Waals surface area contributed by atoms with Gasteiger partial charge in [0.05, 0.1) is 6.04 Å². The number of hydrogen-bond donors (Lipinski definition) is 0. The van der Waals surface area contributed by atoms with E-state index in [2.05, 4.69) is 5.10 Å². The summed E-state index contributed by atoms with van der Waals surface area (Å²) in [6, 6.07) is 0.506. The van der Waals surface area contributed by atoms with Crippen LogP contribution in [0.1, 0.15) is 26.8 Å². The quantitative estimate of drug-likeness (QED) is 0.636. The minimum Gasteiger partial charge on any atom is -0.444 e. The second-order valence-electron chi connectivity index (χ2n) is 5.81. The number of nitrogens with zero attached hydrogens (tertiary/aromatic N) is 3. The monoisotopic (exact) mass is 329 g/mol. The van der Waals surface area contributed by atoms with Crippen molar-refractivity contribution in [2.24, 2.45) is 0 Å². The Hall–Kier alpha value is -0.0287. The van der Waals surface area contributed by atoms with Crippen LogP contribution in [-0.4, -0.2) is 46.4 Å². The van der Waals surface area contributed by atoms with Crippen molar-refractivity contribution in [2.45, 2.75) is 32.4 Å². The third-order valence-electron chi connectivity index (χ3n) is 2.90. The zero-order valence-corrected chi connectivity index (χ0v) is 15.6. The van der Waals surface area contributed by atoms with Crippen LogP contribution < -0.4 is 57.0 Å². The molecule has 5 nitrogen and oxygen atoms in total. The van der Waals surface area contributed by atoms with Crippen molar-refractivity contribution < 1.29 is 73.9 Å². The predicted octanol–water partition coefficient (Wildman–Crippen LogP) is -1.27. The van der Waals surface area contributed by atoms with Crippen LogP contribution in [0.5, 0.6) is 0 Å². The molecule has 1 fully saturated rings. The molecule has 2 heterocycles. The number of halogens is 3. The maximum atomic E-state index is 12.8. The van der Waals surface area contributed by atoms with Gasteiger partial charge in [-0.3, -0.25) is 4.68 Å². The summed E-state index contributed by atoms with van der Waals surface area (Å²) in [6.07, 6.45) is 0.612. The van der Waals surface area contributed by atoms with Crippen LogP contribution in [0.25, 0.3) is 0 Å². The number of carbonyl (C=O) groups is 1. The maximum absolute atomic E-state index is 12.8. The summed E-state index contributed by atoms with van der Waals surface area (Å²) in [5, 5.41) is 3.71. The van der Waals surface area contributed by atoms with Crippen molar-refractivity contribution >= 4 is 18.7 Å². The fourth-order valence-electron chi connectivity index (χ4n) is 1.97. The van der Waals surface area contributed by atoms with Crippen molar-refractivity contribution in [2.75, 3.05) is 13.1 Å². The van der Waals surface area contributed by atoms with E-state index in [9.17, 15) is 17.7 Å². The van der Waals surface area contributed by atoms with Gasteiger partial charge in [-0.1, -0.05) is 6.07 Å². The molecular weight excluding hydrogens is 313 g/mol. The van der Waals surface area contributed by atoms with E-state index >= 15 is 0 Å². The Labute approximate surface area is 163 Å². The van der Waals surface area contributed by atoms with Gasteiger partial charge in [-0.2, -0.15) is 5.10 Å². The first-order valence-corrected chi connectivity index (χ1v) is 6.29. The first-order chi connectivity index (χ1) is 9.08. The molecule has 10 heteroatoms. The Balaban J connectivity index is 0.00000220. The Morgan fingerprint density at radius 1 is 1.38 bits per heavy atom. The Bertz CT molecular complexity index is 510. The van der Waals surface area contributed by atoms with Crippen molar-refractivity contribution in [3.8, 4) is 0 Å². The van der Waals surface area contributed by atoms with Gasteiger partial charge in [0.2, 0.25) is 0 Å². The SMILES string of the molecule is CC(C)(C)OC(=O)N1CC(n2nccc2[B-](F)(F)F)C1.[K+]. The van der Waals surface area contributed by atoms with E-state index < -0.39 is 30.3 Å². The number of ether oxygens (including phenoxy) is 1. The van der Waals surface area contributed by atoms with Gasteiger partial charge in [0.1, 0.15) is 5.60 Å². The van der Waals surface area contributed by atoms with Gasteiger partial charge >= 0.3 is 64.5 Å². The molecule has 0 bridgehead atoms. The van der Waals surface area contributed by atoms with E-state index in [-0.39, 0.29) is 64.5 Å². The first-order valence-electron chi connectivity index (χ1n) is 6.29. The van der Waals surface area contributed by atoms with Crippen LogP contribution in [0.4, 0.5) is 17.7 Å². The summed E-state index contributed by atoms with van der Waals surface area (Å²) < 4.78 is 44.4. The molecule has 1 aromatic heterocycles. The van der Waals surface area contributed by atoms with Crippen LogP contribution in [0.3, 0.4) is 0 Å². The molecule has 0 radical (unpaired) electrons. The van der Waals surface area contributed by atoms with Crippen LogP contribution in [0.15, 0.2) is 12.3 Å². The molecule has 0 atom stereocenters. The van der Waals surface area contributed by atoms with Gasteiger partial charge in [0.15, 0.2) is 0 Å². The molecule has 21 heavy (non-hydrogen) atoms. The smallest absolute Gasteiger partial charge is 0.444 e. The molecule has 1 amide bonds. The largest absolute Gasteiger partial charge is 1.00 e. The fraction of sp³-hybridized carbons (Fsp3) is 0.636. The van der Waals surface area contributed by atoms with Gasteiger partial charge in [-0.05, 0) is 26.4 Å². The molecule has 2 rings (SSSR count). The van der Waals surface area contributed by atoms with Crippen LogP contribution in [0, 0.1) is 0 Å². The van der Waals surface area contributed by atoms with E-state index in [1.54, 1.807) is 20.8 Å². The maximum Gasteiger partial charge on any atom is 1.00 e. The normalized spacial score (nSPS) is 16.2. The van der Waals surface area contributed by atoms with Gasteiger partial charge in [-0.15, -0.1) is 0 Å². The molecule has 0 unspecified atom stereocenters. The predicted molar refractivity (Wildman–Crippen MR) is 67.8 cm³/mol. The molecule has 0 saturated carbocycles. The third-order valence-corrected chi connectivity index (χ3v) is 2.90. The molecule has 112 valence electrons. The molecule has 1 aliphatic heterocycles. The van der Waals surface area contributed by atoms with Crippen LogP contribution >= 0.6 is 0 Å². The number of hydrogen-bond acceptors (Lipinski definition) is 3. The molecule has 0 spiro atoms. The topological polar surface area (TPSA) is 47.4 Å². The van der Waals surface area contributed by atoms with Crippen molar-refractivity contribution in [3.63, 3.8) is 0 Å². The van der Waals surface area contributed by atoms with Gasteiger partial charge in [-0.25, -0.2) is 4.79 Å². The Kier molecular flexibility index (Phi) is 5.99. The molecule has 0 aromatic carbocycles. The van der Waals surface area contributed by atoms with Gasteiger partial charge in [0, 0.05) is 19.3 Å². The van der Waals surface area contributed by atoms with E-state index in [0.717, 1.165) is 16.9 Å². The van der Waals surface area contributed by atoms with E-state index in [0.29, 0.717) is 0 Å².